The summed E-state index contributed by atoms with van der Waals surface area (Å²) in [6, 6.07) is 0.829. The lowest BCUT2D eigenvalue weighted by molar-refractivity contribution is -0.122. The molecule has 1 amide bonds. The van der Waals surface area contributed by atoms with E-state index in [1.165, 1.54) is 0 Å². The Morgan fingerprint density at radius 3 is 3.10 bits per heavy atom. The first-order chi connectivity index (χ1) is 4.79. The predicted octanol–water partition coefficient (Wildman–Crippen LogP) is -0.517. The van der Waals surface area contributed by atoms with E-state index in [0.29, 0.717) is 12.1 Å². The molecule has 0 aromatic rings. The highest BCUT2D eigenvalue weighted by Crippen LogP contribution is 2.21. The van der Waals surface area contributed by atoms with Gasteiger partial charge >= 0.3 is 0 Å². The van der Waals surface area contributed by atoms with Crippen LogP contribution < -0.4 is 10.6 Å². The molecule has 0 aromatic carbocycles. The fourth-order valence-electron chi connectivity index (χ4n) is 1.89. The molecule has 0 unspecified atom stereocenters. The van der Waals surface area contributed by atoms with E-state index >= 15 is 0 Å². The second-order valence-corrected chi connectivity index (χ2v) is 3.17. The zero-order chi connectivity index (χ0) is 7.14. The molecule has 2 rings (SSSR count). The SMILES string of the molecule is C[C@H]1C(=O)N[C@H]2CCN[C@@H]21. The van der Waals surface area contributed by atoms with Crippen molar-refractivity contribution in [1.82, 2.24) is 10.6 Å². The normalized spacial score (nSPS) is 45.3. The third kappa shape index (κ3) is 0.669. The minimum Gasteiger partial charge on any atom is -0.351 e. The van der Waals surface area contributed by atoms with E-state index in [9.17, 15) is 4.79 Å². The van der Waals surface area contributed by atoms with Crippen molar-refractivity contribution in [3.05, 3.63) is 0 Å². The summed E-state index contributed by atoms with van der Waals surface area (Å²) in [5.74, 6) is 0.384. The molecule has 2 fully saturated rings. The van der Waals surface area contributed by atoms with Crippen molar-refractivity contribution >= 4 is 5.91 Å². The monoisotopic (exact) mass is 140 g/mol. The van der Waals surface area contributed by atoms with Crippen LogP contribution in [0.4, 0.5) is 0 Å². The molecule has 3 atom stereocenters. The van der Waals surface area contributed by atoms with Gasteiger partial charge in [-0.3, -0.25) is 4.79 Å². The third-order valence-corrected chi connectivity index (χ3v) is 2.55. The number of carbonyl (C=O) groups excluding carboxylic acids is 1. The number of hydrogen-bond donors (Lipinski definition) is 2. The van der Waals surface area contributed by atoms with Crippen LogP contribution in [-0.4, -0.2) is 24.5 Å². The van der Waals surface area contributed by atoms with Crippen LogP contribution in [0.3, 0.4) is 0 Å². The lowest BCUT2D eigenvalue weighted by Gasteiger charge is -2.09. The smallest absolute Gasteiger partial charge is 0.224 e. The summed E-state index contributed by atoms with van der Waals surface area (Å²) < 4.78 is 0. The molecule has 0 aromatic heterocycles. The van der Waals surface area contributed by atoms with Gasteiger partial charge in [-0.25, -0.2) is 0 Å². The van der Waals surface area contributed by atoms with E-state index in [-0.39, 0.29) is 11.8 Å². The fraction of sp³-hybridized carbons (Fsp3) is 0.857. The lowest BCUT2D eigenvalue weighted by atomic mass is 10.0. The molecule has 0 spiro atoms. The zero-order valence-electron chi connectivity index (χ0n) is 6.05. The molecule has 0 radical (unpaired) electrons. The van der Waals surface area contributed by atoms with Crippen molar-refractivity contribution in [2.24, 2.45) is 5.92 Å². The van der Waals surface area contributed by atoms with Crippen LogP contribution in [0, 0.1) is 5.92 Å². The first-order valence-electron chi connectivity index (χ1n) is 3.83. The maximum absolute atomic E-state index is 11.0. The van der Waals surface area contributed by atoms with Gasteiger partial charge in [0, 0.05) is 12.1 Å². The maximum Gasteiger partial charge on any atom is 0.224 e. The Bertz CT molecular complexity index is 169. The minimum atomic E-state index is 0.174. The largest absolute Gasteiger partial charge is 0.351 e. The molecule has 3 nitrogen and oxygen atoms in total. The summed E-state index contributed by atoms with van der Waals surface area (Å²) in [5.41, 5.74) is 0. The molecule has 2 aliphatic heterocycles. The highest BCUT2D eigenvalue weighted by atomic mass is 16.2. The summed E-state index contributed by atoms with van der Waals surface area (Å²) >= 11 is 0. The van der Waals surface area contributed by atoms with Gasteiger partial charge in [0.1, 0.15) is 0 Å². The average Bonchev–Trinajstić information content (AvgIpc) is 2.41. The topological polar surface area (TPSA) is 41.1 Å². The van der Waals surface area contributed by atoms with Gasteiger partial charge in [-0.1, -0.05) is 6.92 Å². The van der Waals surface area contributed by atoms with E-state index in [4.69, 9.17) is 0 Å². The Balaban J connectivity index is 2.16. The van der Waals surface area contributed by atoms with Crippen LogP contribution in [0.15, 0.2) is 0 Å². The highest BCUT2D eigenvalue weighted by molar-refractivity contribution is 5.82. The predicted molar refractivity (Wildman–Crippen MR) is 37.5 cm³/mol. The molecule has 0 bridgehead atoms. The Labute approximate surface area is 60.2 Å². The second kappa shape index (κ2) is 1.95. The molecule has 0 saturated carbocycles. The van der Waals surface area contributed by atoms with E-state index in [0.717, 1.165) is 13.0 Å². The van der Waals surface area contributed by atoms with Gasteiger partial charge in [-0.05, 0) is 13.0 Å². The van der Waals surface area contributed by atoms with E-state index < -0.39 is 0 Å². The highest BCUT2D eigenvalue weighted by Gasteiger charge is 2.41. The van der Waals surface area contributed by atoms with Gasteiger partial charge in [0.25, 0.3) is 0 Å². The van der Waals surface area contributed by atoms with Gasteiger partial charge in [-0.2, -0.15) is 0 Å². The van der Waals surface area contributed by atoms with Crippen LogP contribution in [-0.2, 0) is 4.79 Å². The van der Waals surface area contributed by atoms with Crippen LogP contribution in [0.2, 0.25) is 0 Å². The number of nitrogens with one attached hydrogen (secondary N) is 2. The van der Waals surface area contributed by atoms with E-state index in [1.54, 1.807) is 0 Å². The molecule has 2 saturated heterocycles. The maximum atomic E-state index is 11.0. The quantitative estimate of drug-likeness (QED) is 0.475. The molecular formula is C7H12N2O. The van der Waals surface area contributed by atoms with Crippen molar-refractivity contribution < 1.29 is 4.79 Å². The van der Waals surface area contributed by atoms with Crippen molar-refractivity contribution in [3.8, 4) is 0 Å². The summed E-state index contributed by atoms with van der Waals surface area (Å²) in [5, 5.41) is 6.28. The van der Waals surface area contributed by atoms with E-state index in [1.807, 2.05) is 6.92 Å². The Kier molecular flexibility index (Phi) is 1.20. The first-order valence-corrected chi connectivity index (χ1v) is 3.83. The Morgan fingerprint density at radius 1 is 1.60 bits per heavy atom. The van der Waals surface area contributed by atoms with Gasteiger partial charge in [-0.15, -0.1) is 0 Å². The first kappa shape index (κ1) is 6.16. The molecule has 2 N–H and O–H groups in total. The van der Waals surface area contributed by atoms with E-state index in [2.05, 4.69) is 10.6 Å². The molecule has 0 aliphatic carbocycles. The molecule has 3 heteroatoms. The summed E-state index contributed by atoms with van der Waals surface area (Å²) in [4.78, 5) is 11.0. The van der Waals surface area contributed by atoms with Crippen LogP contribution >= 0.6 is 0 Å². The number of rotatable bonds is 0. The molecule has 2 heterocycles. The molecule has 56 valence electrons. The zero-order valence-corrected chi connectivity index (χ0v) is 6.05. The second-order valence-electron chi connectivity index (χ2n) is 3.17. The van der Waals surface area contributed by atoms with Gasteiger partial charge < -0.3 is 10.6 Å². The Morgan fingerprint density at radius 2 is 2.40 bits per heavy atom. The van der Waals surface area contributed by atoms with Gasteiger partial charge in [0.2, 0.25) is 5.91 Å². The summed E-state index contributed by atoms with van der Waals surface area (Å²) in [6.45, 7) is 3.04. The van der Waals surface area contributed by atoms with Crippen molar-refractivity contribution in [1.29, 1.82) is 0 Å². The average molecular weight is 140 g/mol. The van der Waals surface area contributed by atoms with Gasteiger partial charge in [0.05, 0.1) is 5.92 Å². The molecule has 2 aliphatic rings. The van der Waals surface area contributed by atoms with Crippen molar-refractivity contribution in [2.75, 3.05) is 6.54 Å². The lowest BCUT2D eigenvalue weighted by Crippen LogP contribution is -2.32. The number of hydrogen-bond acceptors (Lipinski definition) is 2. The fourth-order valence-corrected chi connectivity index (χ4v) is 1.89. The minimum absolute atomic E-state index is 0.174. The van der Waals surface area contributed by atoms with Gasteiger partial charge in [0.15, 0.2) is 0 Å². The molecule has 10 heavy (non-hydrogen) atoms. The standard InChI is InChI=1S/C7H12N2O/c1-4-6-5(2-3-8-6)9-7(4)10/h4-6,8H,2-3H2,1H3,(H,9,10)/t4-,5+,6-/m1/s1. The Hall–Kier alpha value is -0.570. The van der Waals surface area contributed by atoms with Crippen LogP contribution in [0.5, 0.6) is 0 Å². The number of fused-ring (bicyclic) bond motifs is 1. The number of carbonyl (C=O) groups is 1. The summed E-state index contributed by atoms with van der Waals surface area (Å²) in [6.07, 6.45) is 1.10. The van der Waals surface area contributed by atoms with Crippen molar-refractivity contribution in [3.63, 3.8) is 0 Å². The van der Waals surface area contributed by atoms with Crippen molar-refractivity contribution in [2.45, 2.75) is 25.4 Å². The van der Waals surface area contributed by atoms with Crippen LogP contribution in [0.25, 0.3) is 0 Å². The number of amides is 1. The third-order valence-electron chi connectivity index (χ3n) is 2.55. The van der Waals surface area contributed by atoms with Crippen LogP contribution in [0.1, 0.15) is 13.3 Å². The molecular weight excluding hydrogens is 128 g/mol. The summed E-state index contributed by atoms with van der Waals surface area (Å²) in [7, 11) is 0.